The zero-order chi connectivity index (χ0) is 7.00. The van der Waals surface area contributed by atoms with Crippen molar-refractivity contribution in [1.82, 2.24) is 0 Å². The maximum absolute atomic E-state index is 9.95. The van der Waals surface area contributed by atoms with Crippen LogP contribution >= 0.6 is 42.4 Å². The van der Waals surface area contributed by atoms with Gasteiger partial charge in [0.2, 0.25) is 0 Å². The van der Waals surface area contributed by atoms with E-state index in [2.05, 4.69) is 0 Å². The summed E-state index contributed by atoms with van der Waals surface area (Å²) in [5.41, 5.74) is 0. The zero-order valence-electron chi connectivity index (χ0n) is 3.88. The minimum atomic E-state index is -4.55. The first kappa shape index (κ1) is 12.6. The Kier molecular flexibility index (Phi) is 4.77. The van der Waals surface area contributed by atoms with Gasteiger partial charge >= 0.3 is 7.60 Å². The second kappa shape index (κ2) is 3.39. The first-order valence-corrected chi connectivity index (χ1v) is 4.12. The summed E-state index contributed by atoms with van der Waals surface area (Å²) < 4.78 is 7.47. The molecule has 0 fully saturated rings. The number of rotatable bonds is 0. The fourth-order valence-electron chi connectivity index (χ4n) is 0. The van der Waals surface area contributed by atoms with Gasteiger partial charge in [0.05, 0.1) is 0 Å². The largest absolute Gasteiger partial charge is 0.412 e. The number of alkyl halides is 3. The standard InChI is InChI=1S/CH2Cl3O3P.H2O/c2-1(3,4)8(5,6)7;/h(H2,5,6,7);1H2. The number of halogens is 3. The smallest absolute Gasteiger partial charge is 0.376 e. The Bertz CT molecular complexity index is 122. The van der Waals surface area contributed by atoms with Crippen molar-refractivity contribution in [2.24, 2.45) is 0 Å². The van der Waals surface area contributed by atoms with Gasteiger partial charge in [0.1, 0.15) is 0 Å². The third kappa shape index (κ3) is 4.39. The van der Waals surface area contributed by atoms with Crippen LogP contribution in [0.25, 0.3) is 0 Å². The third-order valence-electron chi connectivity index (χ3n) is 0.330. The molecule has 4 N–H and O–H groups in total. The van der Waals surface area contributed by atoms with E-state index < -0.39 is 11.1 Å². The van der Waals surface area contributed by atoms with Crippen molar-refractivity contribution in [2.45, 2.75) is 3.53 Å². The van der Waals surface area contributed by atoms with E-state index in [4.69, 9.17) is 44.6 Å². The Morgan fingerprint density at radius 1 is 1.22 bits per heavy atom. The van der Waals surface area contributed by atoms with Crippen molar-refractivity contribution in [1.29, 1.82) is 0 Å². The summed E-state index contributed by atoms with van der Waals surface area (Å²) in [5, 5.41) is 0. The van der Waals surface area contributed by atoms with Crippen LogP contribution in [-0.2, 0) is 4.57 Å². The zero-order valence-corrected chi connectivity index (χ0v) is 7.05. The molecule has 58 valence electrons. The van der Waals surface area contributed by atoms with E-state index in [1.165, 1.54) is 0 Å². The molecule has 0 atom stereocenters. The summed E-state index contributed by atoms with van der Waals surface area (Å²) in [5.74, 6) is 0. The lowest BCUT2D eigenvalue weighted by Gasteiger charge is -2.10. The van der Waals surface area contributed by atoms with E-state index in [0.717, 1.165) is 0 Å². The quantitative estimate of drug-likeness (QED) is 0.461. The normalized spacial score (nSPS) is 12.6. The monoisotopic (exact) mass is 216 g/mol. The average Bonchev–Trinajstić information content (AvgIpc) is 1.25. The van der Waals surface area contributed by atoms with Crippen molar-refractivity contribution >= 4 is 42.4 Å². The third-order valence-corrected chi connectivity index (χ3v) is 2.97. The summed E-state index contributed by atoms with van der Waals surface area (Å²) in [6.45, 7) is 0. The summed E-state index contributed by atoms with van der Waals surface area (Å²) in [6.07, 6.45) is 0. The van der Waals surface area contributed by atoms with Crippen molar-refractivity contribution in [3.8, 4) is 0 Å². The van der Waals surface area contributed by atoms with Gasteiger partial charge in [-0.1, -0.05) is 34.8 Å². The molecule has 0 saturated carbocycles. The van der Waals surface area contributed by atoms with Gasteiger partial charge in [-0.25, -0.2) is 0 Å². The molecule has 0 unspecified atom stereocenters. The molecular formula is CH4Cl3O4P. The Hall–Kier alpha value is 0.980. The highest BCUT2D eigenvalue weighted by Gasteiger charge is 2.41. The maximum Gasteiger partial charge on any atom is 0.376 e. The van der Waals surface area contributed by atoms with Crippen LogP contribution in [0.2, 0.25) is 0 Å². The van der Waals surface area contributed by atoms with E-state index in [1.54, 1.807) is 0 Å². The molecule has 0 aliphatic rings. The fourth-order valence-corrected chi connectivity index (χ4v) is 0. The van der Waals surface area contributed by atoms with Crippen LogP contribution in [0.3, 0.4) is 0 Å². The molecule has 0 heterocycles. The van der Waals surface area contributed by atoms with Gasteiger partial charge in [-0.2, -0.15) is 0 Å². The average molecular weight is 217 g/mol. The molecule has 0 spiro atoms. The Balaban J connectivity index is 0. The minimum Gasteiger partial charge on any atom is -0.412 e. The molecule has 0 rings (SSSR count). The summed E-state index contributed by atoms with van der Waals surface area (Å²) in [4.78, 5) is 16.1. The molecule has 4 nitrogen and oxygen atoms in total. The molecule has 0 aromatic rings. The van der Waals surface area contributed by atoms with Gasteiger partial charge in [0, 0.05) is 0 Å². The molecule has 8 heteroatoms. The van der Waals surface area contributed by atoms with Gasteiger partial charge in [-0.3, -0.25) is 4.57 Å². The van der Waals surface area contributed by atoms with Crippen molar-refractivity contribution < 1.29 is 19.8 Å². The Morgan fingerprint density at radius 3 is 1.33 bits per heavy atom. The molecule has 0 amide bonds. The predicted molar refractivity (Wildman–Crippen MR) is 35.9 cm³/mol. The second-order valence-corrected chi connectivity index (χ2v) is 5.84. The molecule has 0 aliphatic heterocycles. The number of hydrogen-bond acceptors (Lipinski definition) is 1. The van der Waals surface area contributed by atoms with Gasteiger partial charge in [-0.05, 0) is 0 Å². The van der Waals surface area contributed by atoms with Gasteiger partial charge in [-0.15, -0.1) is 0 Å². The summed E-state index contributed by atoms with van der Waals surface area (Å²) in [7, 11) is -4.55. The van der Waals surface area contributed by atoms with Crippen LogP contribution < -0.4 is 0 Å². The fraction of sp³-hybridized carbons (Fsp3) is 1.00. The van der Waals surface area contributed by atoms with Crippen LogP contribution in [0.1, 0.15) is 0 Å². The molecule has 9 heavy (non-hydrogen) atoms. The summed E-state index contributed by atoms with van der Waals surface area (Å²) in [6, 6.07) is 0. The molecule has 0 radical (unpaired) electrons. The van der Waals surface area contributed by atoms with Crippen LogP contribution in [0.5, 0.6) is 0 Å². The van der Waals surface area contributed by atoms with Crippen LogP contribution in [0.15, 0.2) is 0 Å². The maximum atomic E-state index is 9.95. The molecule has 0 aliphatic carbocycles. The lowest BCUT2D eigenvalue weighted by Crippen LogP contribution is -2.01. The first-order chi connectivity index (χ1) is 3.25. The van der Waals surface area contributed by atoms with Crippen molar-refractivity contribution in [2.75, 3.05) is 0 Å². The first-order valence-electron chi connectivity index (χ1n) is 1.37. The Labute approximate surface area is 66.2 Å². The lowest BCUT2D eigenvalue weighted by molar-refractivity contribution is 0.373. The molecule has 0 saturated heterocycles. The van der Waals surface area contributed by atoms with Gasteiger partial charge in [0.25, 0.3) is 3.53 Å². The molecular weight excluding hydrogens is 213 g/mol. The second-order valence-electron chi connectivity index (χ2n) is 1.01. The van der Waals surface area contributed by atoms with E-state index in [0.29, 0.717) is 0 Å². The predicted octanol–water partition coefficient (Wildman–Crippen LogP) is 0.667. The lowest BCUT2D eigenvalue weighted by atomic mass is 11.8. The highest BCUT2D eigenvalue weighted by atomic mass is 35.6. The van der Waals surface area contributed by atoms with Crippen molar-refractivity contribution in [3.63, 3.8) is 0 Å². The van der Waals surface area contributed by atoms with Crippen LogP contribution in [-0.4, -0.2) is 18.8 Å². The summed E-state index contributed by atoms with van der Waals surface area (Å²) >= 11 is 14.3. The van der Waals surface area contributed by atoms with E-state index in [-0.39, 0.29) is 5.48 Å². The van der Waals surface area contributed by atoms with E-state index >= 15 is 0 Å². The van der Waals surface area contributed by atoms with Crippen LogP contribution in [0.4, 0.5) is 0 Å². The highest BCUT2D eigenvalue weighted by molar-refractivity contribution is 7.61. The van der Waals surface area contributed by atoms with Gasteiger partial charge < -0.3 is 15.3 Å². The van der Waals surface area contributed by atoms with E-state index in [1.807, 2.05) is 0 Å². The molecule has 0 bridgehead atoms. The minimum absolute atomic E-state index is 0. The van der Waals surface area contributed by atoms with E-state index in [9.17, 15) is 4.57 Å². The molecule has 0 aromatic carbocycles. The SMILES string of the molecule is O.O=P(O)(O)C(Cl)(Cl)Cl. The van der Waals surface area contributed by atoms with Crippen molar-refractivity contribution in [3.05, 3.63) is 0 Å². The topological polar surface area (TPSA) is 89.0 Å². The molecule has 0 aromatic heterocycles. The highest BCUT2D eigenvalue weighted by Crippen LogP contribution is 2.58. The van der Waals surface area contributed by atoms with Crippen LogP contribution in [0, 0.1) is 0 Å². The Morgan fingerprint density at radius 2 is 1.33 bits per heavy atom. The van der Waals surface area contributed by atoms with Gasteiger partial charge in [0.15, 0.2) is 0 Å². The number of hydrogen-bond donors (Lipinski definition) is 2.